The lowest BCUT2D eigenvalue weighted by molar-refractivity contribution is -0.123. The molecule has 0 heterocycles. The van der Waals surface area contributed by atoms with E-state index < -0.39 is 11.7 Å². The highest BCUT2D eigenvalue weighted by atomic mass is 35.5. The number of rotatable bonds is 5. The Kier molecular flexibility index (Phi) is 5.76. The second-order valence-corrected chi connectivity index (χ2v) is 4.76. The quantitative estimate of drug-likeness (QED) is 0.813. The van der Waals surface area contributed by atoms with Gasteiger partial charge in [-0.25, -0.2) is 4.39 Å². The molecule has 0 aliphatic heterocycles. The van der Waals surface area contributed by atoms with Crippen LogP contribution < -0.4 is 10.6 Å². The lowest BCUT2D eigenvalue weighted by Crippen LogP contribution is -2.36. The molecule has 1 rings (SSSR count). The molecular formula is C13H16ClFN2O2. The molecule has 6 heteroatoms. The Bertz CT molecular complexity index is 478. The van der Waals surface area contributed by atoms with Gasteiger partial charge in [-0.1, -0.05) is 25.4 Å². The number of halogens is 2. The van der Waals surface area contributed by atoms with Crippen molar-refractivity contribution in [3.8, 4) is 0 Å². The normalized spacial score (nSPS) is 10.4. The molecule has 0 atom stereocenters. The van der Waals surface area contributed by atoms with Crippen LogP contribution in [0.4, 0.5) is 4.39 Å². The summed E-state index contributed by atoms with van der Waals surface area (Å²) in [6.45, 7) is 4.09. The third-order valence-electron chi connectivity index (χ3n) is 2.41. The second-order valence-electron chi connectivity index (χ2n) is 4.33. The summed E-state index contributed by atoms with van der Waals surface area (Å²) in [6.07, 6.45) is 0. The van der Waals surface area contributed by atoms with E-state index in [1.54, 1.807) is 13.8 Å². The van der Waals surface area contributed by atoms with Gasteiger partial charge in [0.15, 0.2) is 0 Å². The van der Waals surface area contributed by atoms with E-state index in [9.17, 15) is 14.0 Å². The van der Waals surface area contributed by atoms with Crippen LogP contribution in [0.5, 0.6) is 0 Å². The number of nitrogens with one attached hydrogen (secondary N) is 2. The fourth-order valence-corrected chi connectivity index (χ4v) is 1.49. The molecule has 104 valence electrons. The molecule has 0 saturated heterocycles. The molecule has 0 radical (unpaired) electrons. The lowest BCUT2D eigenvalue weighted by Gasteiger charge is -2.09. The van der Waals surface area contributed by atoms with E-state index in [1.165, 1.54) is 12.1 Å². The van der Waals surface area contributed by atoms with E-state index in [4.69, 9.17) is 11.6 Å². The minimum atomic E-state index is -0.670. The van der Waals surface area contributed by atoms with Crippen molar-refractivity contribution in [3.05, 3.63) is 34.6 Å². The standard InChI is InChI=1S/C13H16ClFN2O2/c1-8(2)12(18)16-5-6-17-13(19)10-4-3-9(14)7-11(10)15/h3-4,7-8H,5-6H2,1-2H3,(H,16,18)(H,17,19). The Labute approximate surface area is 116 Å². The highest BCUT2D eigenvalue weighted by molar-refractivity contribution is 6.30. The average molecular weight is 287 g/mol. The third kappa shape index (κ3) is 4.87. The summed E-state index contributed by atoms with van der Waals surface area (Å²) >= 11 is 5.59. The van der Waals surface area contributed by atoms with Gasteiger partial charge in [0.25, 0.3) is 5.91 Å². The summed E-state index contributed by atoms with van der Waals surface area (Å²) in [5, 5.41) is 5.40. The van der Waals surface area contributed by atoms with Crippen LogP contribution >= 0.6 is 11.6 Å². The molecule has 2 N–H and O–H groups in total. The largest absolute Gasteiger partial charge is 0.354 e. The number of carbonyl (C=O) groups is 2. The molecular weight excluding hydrogens is 271 g/mol. The maximum atomic E-state index is 13.4. The smallest absolute Gasteiger partial charge is 0.254 e. The maximum absolute atomic E-state index is 13.4. The van der Waals surface area contributed by atoms with Crippen LogP contribution in [0.2, 0.25) is 5.02 Å². The van der Waals surface area contributed by atoms with Crippen LogP contribution in [-0.2, 0) is 4.79 Å². The SMILES string of the molecule is CC(C)C(=O)NCCNC(=O)c1ccc(Cl)cc1F. The van der Waals surface area contributed by atoms with Crippen molar-refractivity contribution < 1.29 is 14.0 Å². The summed E-state index contributed by atoms with van der Waals surface area (Å²) in [6, 6.07) is 3.84. The predicted molar refractivity (Wildman–Crippen MR) is 71.6 cm³/mol. The molecule has 0 aromatic heterocycles. The molecule has 0 spiro atoms. The lowest BCUT2D eigenvalue weighted by atomic mass is 10.2. The first kappa shape index (κ1) is 15.4. The van der Waals surface area contributed by atoms with Gasteiger partial charge in [-0.2, -0.15) is 0 Å². The number of carbonyl (C=O) groups excluding carboxylic acids is 2. The highest BCUT2D eigenvalue weighted by Gasteiger charge is 2.11. The van der Waals surface area contributed by atoms with Gasteiger partial charge in [0.1, 0.15) is 5.82 Å². The van der Waals surface area contributed by atoms with Crippen LogP contribution in [0, 0.1) is 11.7 Å². The Morgan fingerprint density at radius 3 is 2.47 bits per heavy atom. The molecule has 1 aromatic carbocycles. The van der Waals surface area contributed by atoms with Gasteiger partial charge in [0.05, 0.1) is 5.56 Å². The van der Waals surface area contributed by atoms with E-state index in [0.717, 1.165) is 6.07 Å². The van der Waals surface area contributed by atoms with Crippen molar-refractivity contribution >= 4 is 23.4 Å². The molecule has 0 aliphatic rings. The van der Waals surface area contributed by atoms with Crippen LogP contribution in [0.3, 0.4) is 0 Å². The molecule has 0 fully saturated rings. The molecule has 2 amide bonds. The van der Waals surface area contributed by atoms with Gasteiger partial charge in [0, 0.05) is 24.0 Å². The molecule has 0 unspecified atom stereocenters. The van der Waals surface area contributed by atoms with Crippen LogP contribution in [0.25, 0.3) is 0 Å². The van der Waals surface area contributed by atoms with Crippen LogP contribution in [0.15, 0.2) is 18.2 Å². The zero-order valence-electron chi connectivity index (χ0n) is 10.8. The average Bonchev–Trinajstić information content (AvgIpc) is 2.33. The van der Waals surface area contributed by atoms with Gasteiger partial charge in [0.2, 0.25) is 5.91 Å². The summed E-state index contributed by atoms with van der Waals surface area (Å²) in [5.41, 5.74) is -0.0698. The van der Waals surface area contributed by atoms with Gasteiger partial charge in [-0.05, 0) is 18.2 Å². The van der Waals surface area contributed by atoms with E-state index in [0.29, 0.717) is 6.54 Å². The zero-order chi connectivity index (χ0) is 14.4. The highest BCUT2D eigenvalue weighted by Crippen LogP contribution is 2.14. The van der Waals surface area contributed by atoms with E-state index in [2.05, 4.69) is 10.6 Å². The van der Waals surface area contributed by atoms with E-state index in [1.807, 2.05) is 0 Å². The number of benzene rings is 1. The van der Waals surface area contributed by atoms with Gasteiger partial charge in [-0.3, -0.25) is 9.59 Å². The van der Waals surface area contributed by atoms with Crippen molar-refractivity contribution in [1.82, 2.24) is 10.6 Å². The molecule has 0 aliphatic carbocycles. The van der Waals surface area contributed by atoms with Crippen molar-refractivity contribution in [1.29, 1.82) is 0 Å². The first-order valence-corrected chi connectivity index (χ1v) is 6.30. The number of hydrogen-bond donors (Lipinski definition) is 2. The monoisotopic (exact) mass is 286 g/mol. The Morgan fingerprint density at radius 2 is 1.89 bits per heavy atom. The summed E-state index contributed by atoms with van der Waals surface area (Å²) < 4.78 is 13.4. The van der Waals surface area contributed by atoms with Gasteiger partial charge in [-0.15, -0.1) is 0 Å². The van der Waals surface area contributed by atoms with Crippen molar-refractivity contribution in [3.63, 3.8) is 0 Å². The topological polar surface area (TPSA) is 58.2 Å². The van der Waals surface area contributed by atoms with Crippen molar-refractivity contribution in [2.75, 3.05) is 13.1 Å². The maximum Gasteiger partial charge on any atom is 0.254 e. The Balaban J connectivity index is 2.41. The number of amides is 2. The fourth-order valence-electron chi connectivity index (χ4n) is 1.33. The Hall–Kier alpha value is -1.62. The summed E-state index contributed by atoms with van der Waals surface area (Å²) in [5.74, 6) is -1.40. The van der Waals surface area contributed by atoms with Gasteiger partial charge < -0.3 is 10.6 Å². The van der Waals surface area contributed by atoms with Gasteiger partial charge >= 0.3 is 0 Å². The zero-order valence-corrected chi connectivity index (χ0v) is 11.6. The first-order valence-electron chi connectivity index (χ1n) is 5.92. The molecule has 0 bridgehead atoms. The second kappa shape index (κ2) is 7.09. The minimum Gasteiger partial charge on any atom is -0.354 e. The van der Waals surface area contributed by atoms with Crippen molar-refractivity contribution in [2.45, 2.75) is 13.8 Å². The number of hydrogen-bond acceptors (Lipinski definition) is 2. The molecule has 4 nitrogen and oxygen atoms in total. The minimum absolute atomic E-state index is 0.0698. The third-order valence-corrected chi connectivity index (χ3v) is 2.65. The van der Waals surface area contributed by atoms with E-state index in [-0.39, 0.29) is 29.0 Å². The van der Waals surface area contributed by atoms with E-state index >= 15 is 0 Å². The fraction of sp³-hybridized carbons (Fsp3) is 0.385. The Morgan fingerprint density at radius 1 is 1.26 bits per heavy atom. The molecule has 19 heavy (non-hydrogen) atoms. The summed E-state index contributed by atoms with van der Waals surface area (Å²) in [4.78, 5) is 22.9. The van der Waals surface area contributed by atoms with Crippen LogP contribution in [-0.4, -0.2) is 24.9 Å². The summed E-state index contributed by atoms with van der Waals surface area (Å²) in [7, 11) is 0. The van der Waals surface area contributed by atoms with Crippen LogP contribution in [0.1, 0.15) is 24.2 Å². The first-order chi connectivity index (χ1) is 8.91. The van der Waals surface area contributed by atoms with Crippen molar-refractivity contribution in [2.24, 2.45) is 5.92 Å². The molecule has 1 aromatic rings. The molecule has 0 saturated carbocycles. The predicted octanol–water partition coefficient (Wildman–Crippen LogP) is 1.98.